The second-order valence-electron chi connectivity index (χ2n) is 4.37. The fourth-order valence-corrected chi connectivity index (χ4v) is 3.57. The van der Waals surface area contributed by atoms with Crippen molar-refractivity contribution in [2.24, 2.45) is 0 Å². The summed E-state index contributed by atoms with van der Waals surface area (Å²) in [4.78, 5) is 26.7. The quantitative estimate of drug-likeness (QED) is 0.791. The first-order valence-corrected chi connectivity index (χ1v) is 7.97. The maximum atomic E-state index is 12.4. The van der Waals surface area contributed by atoms with Gasteiger partial charge in [-0.3, -0.25) is 4.79 Å². The van der Waals surface area contributed by atoms with Crippen LogP contribution < -0.4 is 0 Å². The van der Waals surface area contributed by atoms with Gasteiger partial charge in [0.1, 0.15) is 6.04 Å². The molecule has 1 aromatic rings. The zero-order valence-electron chi connectivity index (χ0n) is 10.7. The summed E-state index contributed by atoms with van der Waals surface area (Å²) in [6.45, 7) is 2.75. The molecule has 1 amide bonds. The van der Waals surface area contributed by atoms with Crippen LogP contribution in [-0.4, -0.2) is 36.0 Å². The van der Waals surface area contributed by atoms with Crippen molar-refractivity contribution < 1.29 is 14.3 Å². The highest BCUT2D eigenvalue weighted by atomic mass is 79.9. The third-order valence-electron chi connectivity index (χ3n) is 3.11. The van der Waals surface area contributed by atoms with Crippen LogP contribution in [0.3, 0.4) is 0 Å². The molecule has 1 saturated heterocycles. The van der Waals surface area contributed by atoms with Gasteiger partial charge in [-0.05, 0) is 54.2 Å². The van der Waals surface area contributed by atoms with Crippen LogP contribution in [0.15, 0.2) is 15.9 Å². The van der Waals surface area contributed by atoms with Gasteiger partial charge in [0.05, 0.1) is 15.3 Å². The minimum Gasteiger partial charge on any atom is -0.464 e. The van der Waals surface area contributed by atoms with E-state index in [0.717, 1.165) is 16.6 Å². The van der Waals surface area contributed by atoms with Gasteiger partial charge in [-0.2, -0.15) is 0 Å². The van der Waals surface area contributed by atoms with E-state index in [1.165, 1.54) is 11.3 Å². The second-order valence-corrected chi connectivity index (χ2v) is 6.83. The number of carbonyl (C=O) groups is 2. The zero-order chi connectivity index (χ0) is 13.8. The molecular weight excluding hydrogens is 330 g/mol. The number of piperidine rings is 1. The Morgan fingerprint density at radius 1 is 1.47 bits per heavy atom. The van der Waals surface area contributed by atoms with E-state index >= 15 is 0 Å². The largest absolute Gasteiger partial charge is 0.464 e. The summed E-state index contributed by atoms with van der Waals surface area (Å²) in [6.07, 6.45) is 2.59. The molecule has 1 atom stereocenters. The predicted octanol–water partition coefficient (Wildman–Crippen LogP) is 3.07. The first-order chi connectivity index (χ1) is 9.13. The summed E-state index contributed by atoms with van der Waals surface area (Å²) in [7, 11) is 0. The first kappa shape index (κ1) is 14.5. The van der Waals surface area contributed by atoms with Gasteiger partial charge < -0.3 is 9.64 Å². The Morgan fingerprint density at radius 2 is 2.26 bits per heavy atom. The van der Waals surface area contributed by atoms with Crippen LogP contribution >= 0.6 is 27.3 Å². The summed E-state index contributed by atoms with van der Waals surface area (Å²) < 4.78 is 5.98. The third-order valence-corrected chi connectivity index (χ3v) is 4.72. The third kappa shape index (κ3) is 3.36. The van der Waals surface area contributed by atoms with E-state index in [1.54, 1.807) is 17.9 Å². The summed E-state index contributed by atoms with van der Waals surface area (Å²) in [5, 5.41) is 0. The minimum absolute atomic E-state index is 0.0755. The maximum Gasteiger partial charge on any atom is 0.328 e. The number of hydrogen-bond acceptors (Lipinski definition) is 4. The summed E-state index contributed by atoms with van der Waals surface area (Å²) in [5.41, 5.74) is 0. The number of esters is 1. The van der Waals surface area contributed by atoms with Gasteiger partial charge in [-0.25, -0.2) is 4.79 Å². The van der Waals surface area contributed by atoms with E-state index in [2.05, 4.69) is 15.9 Å². The average Bonchev–Trinajstić information content (AvgIpc) is 2.85. The summed E-state index contributed by atoms with van der Waals surface area (Å²) in [5.74, 6) is -0.361. The summed E-state index contributed by atoms with van der Waals surface area (Å²) in [6, 6.07) is 3.21. The lowest BCUT2D eigenvalue weighted by atomic mass is 10.0. The predicted molar refractivity (Wildman–Crippen MR) is 77.3 cm³/mol. The first-order valence-electron chi connectivity index (χ1n) is 6.36. The molecule has 0 spiro atoms. The molecule has 0 saturated carbocycles. The number of nitrogens with zero attached hydrogens (tertiary/aromatic N) is 1. The van der Waals surface area contributed by atoms with Gasteiger partial charge in [0.2, 0.25) is 0 Å². The number of likely N-dealkylation sites (tertiary alicyclic amines) is 1. The number of ether oxygens (including phenoxy) is 1. The number of halogens is 1. The van der Waals surface area contributed by atoms with E-state index < -0.39 is 6.04 Å². The van der Waals surface area contributed by atoms with Crippen LogP contribution in [0, 0.1) is 0 Å². The molecule has 4 nitrogen and oxygen atoms in total. The number of carbonyl (C=O) groups excluding carboxylic acids is 2. The van der Waals surface area contributed by atoms with E-state index in [0.29, 0.717) is 24.4 Å². The van der Waals surface area contributed by atoms with Gasteiger partial charge >= 0.3 is 5.97 Å². The van der Waals surface area contributed by atoms with E-state index in [9.17, 15) is 9.59 Å². The topological polar surface area (TPSA) is 46.6 Å². The van der Waals surface area contributed by atoms with E-state index in [4.69, 9.17) is 4.74 Å². The van der Waals surface area contributed by atoms with Gasteiger partial charge in [-0.1, -0.05) is 0 Å². The lowest BCUT2D eigenvalue weighted by Gasteiger charge is -2.33. The lowest BCUT2D eigenvalue weighted by Crippen LogP contribution is -2.48. The van der Waals surface area contributed by atoms with Crippen LogP contribution in [-0.2, 0) is 9.53 Å². The van der Waals surface area contributed by atoms with Gasteiger partial charge in [0, 0.05) is 6.54 Å². The van der Waals surface area contributed by atoms with Crippen LogP contribution in [0.2, 0.25) is 0 Å². The Bertz CT molecular complexity index is 474. The SMILES string of the molecule is CCOC(=O)C1CCCCN1C(=O)c1ccc(Br)s1. The molecule has 0 N–H and O–H groups in total. The fraction of sp³-hybridized carbons (Fsp3) is 0.538. The molecule has 2 heterocycles. The standard InChI is InChI=1S/C13H16BrNO3S/c1-2-18-13(17)9-5-3-4-8-15(9)12(16)10-6-7-11(14)19-10/h6-7,9H,2-5,8H2,1H3. The van der Waals surface area contributed by atoms with Crippen molar-refractivity contribution in [1.82, 2.24) is 4.90 Å². The average molecular weight is 346 g/mol. The molecule has 1 fully saturated rings. The molecule has 0 bridgehead atoms. The molecule has 1 aliphatic heterocycles. The maximum absolute atomic E-state index is 12.4. The number of hydrogen-bond donors (Lipinski definition) is 0. The molecule has 19 heavy (non-hydrogen) atoms. The lowest BCUT2D eigenvalue weighted by molar-refractivity contribution is -0.149. The molecule has 2 rings (SSSR count). The molecule has 0 radical (unpaired) electrons. The zero-order valence-corrected chi connectivity index (χ0v) is 13.1. The molecule has 1 aromatic heterocycles. The highest BCUT2D eigenvalue weighted by molar-refractivity contribution is 9.11. The molecule has 1 unspecified atom stereocenters. The number of amides is 1. The van der Waals surface area contributed by atoms with Crippen molar-refractivity contribution >= 4 is 39.1 Å². The highest BCUT2D eigenvalue weighted by Gasteiger charge is 2.34. The normalized spacial score (nSPS) is 19.3. The smallest absolute Gasteiger partial charge is 0.328 e. The van der Waals surface area contributed by atoms with Crippen molar-refractivity contribution in [3.8, 4) is 0 Å². The second kappa shape index (κ2) is 6.52. The van der Waals surface area contributed by atoms with Gasteiger partial charge in [0.25, 0.3) is 5.91 Å². The van der Waals surface area contributed by atoms with Crippen LogP contribution in [0.4, 0.5) is 0 Å². The Labute approximate surface area is 124 Å². The van der Waals surface area contributed by atoms with Gasteiger partial charge in [-0.15, -0.1) is 11.3 Å². The molecule has 0 aliphatic carbocycles. The molecule has 104 valence electrons. The molecular formula is C13H16BrNO3S. The Hall–Kier alpha value is -0.880. The van der Waals surface area contributed by atoms with Gasteiger partial charge in [0.15, 0.2) is 0 Å². The number of thiophene rings is 1. The van der Waals surface area contributed by atoms with E-state index in [1.807, 2.05) is 6.07 Å². The Balaban J connectivity index is 2.15. The Morgan fingerprint density at radius 3 is 2.89 bits per heavy atom. The van der Waals surface area contributed by atoms with Crippen LogP contribution in [0.5, 0.6) is 0 Å². The van der Waals surface area contributed by atoms with Crippen molar-refractivity contribution in [1.29, 1.82) is 0 Å². The number of rotatable bonds is 3. The van der Waals surface area contributed by atoms with E-state index in [-0.39, 0.29) is 11.9 Å². The van der Waals surface area contributed by atoms with Crippen LogP contribution in [0.1, 0.15) is 35.9 Å². The molecule has 6 heteroatoms. The van der Waals surface area contributed by atoms with Crippen molar-refractivity contribution in [2.75, 3.05) is 13.2 Å². The Kier molecular flexibility index (Phi) is 4.99. The van der Waals surface area contributed by atoms with Crippen molar-refractivity contribution in [3.05, 3.63) is 20.8 Å². The highest BCUT2D eigenvalue weighted by Crippen LogP contribution is 2.26. The van der Waals surface area contributed by atoms with Crippen molar-refractivity contribution in [3.63, 3.8) is 0 Å². The molecule has 0 aromatic carbocycles. The minimum atomic E-state index is -0.429. The monoisotopic (exact) mass is 345 g/mol. The van der Waals surface area contributed by atoms with Crippen LogP contribution in [0.25, 0.3) is 0 Å². The summed E-state index contributed by atoms with van der Waals surface area (Å²) >= 11 is 4.74. The fourth-order valence-electron chi connectivity index (χ4n) is 2.23. The molecule has 1 aliphatic rings. The van der Waals surface area contributed by atoms with Crippen molar-refractivity contribution in [2.45, 2.75) is 32.2 Å².